The van der Waals surface area contributed by atoms with Gasteiger partial charge in [-0.3, -0.25) is 4.79 Å². The van der Waals surface area contributed by atoms with Gasteiger partial charge < -0.3 is 9.80 Å². The maximum absolute atomic E-state index is 11.5. The maximum atomic E-state index is 11.5. The molecule has 0 spiro atoms. The smallest absolute Gasteiger partial charge is 0.225 e. The van der Waals surface area contributed by atoms with Gasteiger partial charge in [-0.05, 0) is 70.4 Å². The van der Waals surface area contributed by atoms with Gasteiger partial charge in [0, 0.05) is 43.5 Å². The van der Waals surface area contributed by atoms with Crippen molar-refractivity contribution in [1.82, 2.24) is 14.9 Å². The van der Waals surface area contributed by atoms with Crippen molar-refractivity contribution in [3.05, 3.63) is 18.0 Å². The number of ketones is 1. The van der Waals surface area contributed by atoms with E-state index in [0.29, 0.717) is 29.7 Å². The Balaban J connectivity index is 1.36. The first-order valence-electron chi connectivity index (χ1n) is 9.88. The zero-order valence-electron chi connectivity index (χ0n) is 15.5. The molecule has 136 valence electrons. The Kier molecular flexibility index (Phi) is 4.76. The summed E-state index contributed by atoms with van der Waals surface area (Å²) in [6.07, 6.45) is 12.1. The van der Waals surface area contributed by atoms with Crippen molar-refractivity contribution in [2.75, 3.05) is 25.0 Å². The van der Waals surface area contributed by atoms with Crippen LogP contribution in [0.4, 0.5) is 5.95 Å². The number of rotatable bonds is 4. The molecule has 5 heteroatoms. The Bertz CT molecular complexity index is 595. The molecule has 2 atom stereocenters. The molecule has 25 heavy (non-hydrogen) atoms. The van der Waals surface area contributed by atoms with Crippen LogP contribution in [0.1, 0.15) is 51.0 Å². The second-order valence-electron chi connectivity index (χ2n) is 8.44. The van der Waals surface area contributed by atoms with E-state index in [2.05, 4.69) is 16.8 Å². The average molecular weight is 342 g/mol. The number of carbonyl (C=O) groups excluding carboxylic acids is 1. The summed E-state index contributed by atoms with van der Waals surface area (Å²) in [4.78, 5) is 25.8. The summed E-state index contributed by atoms with van der Waals surface area (Å²) in [6, 6.07) is 1.16. The first-order chi connectivity index (χ1) is 12.1. The number of piperazine rings is 1. The SMILES string of the molecule is CC(=O)[C@H]1CC[C@@H](Cc2cnc(N3C4CCC3CN(C)C4)nc2)CC1. The van der Waals surface area contributed by atoms with Crippen LogP contribution in [0.3, 0.4) is 0 Å². The minimum atomic E-state index is 0.308. The van der Waals surface area contributed by atoms with Crippen LogP contribution in [-0.4, -0.2) is 52.9 Å². The summed E-state index contributed by atoms with van der Waals surface area (Å²) in [7, 11) is 2.22. The lowest BCUT2D eigenvalue weighted by Crippen LogP contribution is -2.53. The molecule has 3 aliphatic rings. The van der Waals surface area contributed by atoms with Gasteiger partial charge in [-0.15, -0.1) is 0 Å². The molecule has 5 nitrogen and oxygen atoms in total. The molecule has 2 aliphatic heterocycles. The van der Waals surface area contributed by atoms with Gasteiger partial charge in [0.15, 0.2) is 0 Å². The third kappa shape index (κ3) is 3.57. The molecule has 1 aliphatic carbocycles. The van der Waals surface area contributed by atoms with E-state index >= 15 is 0 Å². The summed E-state index contributed by atoms with van der Waals surface area (Å²) in [5.74, 6) is 2.28. The first kappa shape index (κ1) is 17.0. The van der Waals surface area contributed by atoms with Crippen molar-refractivity contribution in [3.63, 3.8) is 0 Å². The lowest BCUT2D eigenvalue weighted by atomic mass is 9.78. The molecule has 3 heterocycles. The second-order valence-corrected chi connectivity index (χ2v) is 8.44. The fourth-order valence-corrected chi connectivity index (χ4v) is 5.13. The van der Waals surface area contributed by atoms with Crippen LogP contribution in [0.2, 0.25) is 0 Å². The molecule has 1 saturated carbocycles. The number of nitrogens with zero attached hydrogens (tertiary/aromatic N) is 4. The van der Waals surface area contributed by atoms with Gasteiger partial charge in [0.2, 0.25) is 5.95 Å². The van der Waals surface area contributed by atoms with Crippen LogP contribution >= 0.6 is 0 Å². The predicted octanol–water partition coefficient (Wildman–Crippen LogP) is 2.70. The maximum Gasteiger partial charge on any atom is 0.225 e. The molecule has 4 rings (SSSR count). The summed E-state index contributed by atoms with van der Waals surface area (Å²) in [5.41, 5.74) is 1.25. The van der Waals surface area contributed by atoms with Crippen molar-refractivity contribution in [2.24, 2.45) is 11.8 Å². The Morgan fingerprint density at radius 3 is 2.20 bits per heavy atom. The number of anilines is 1. The van der Waals surface area contributed by atoms with E-state index < -0.39 is 0 Å². The largest absolute Gasteiger partial charge is 0.332 e. The molecule has 1 aromatic heterocycles. The van der Waals surface area contributed by atoms with Crippen LogP contribution < -0.4 is 4.90 Å². The van der Waals surface area contributed by atoms with Gasteiger partial charge >= 0.3 is 0 Å². The van der Waals surface area contributed by atoms with Crippen LogP contribution in [0.5, 0.6) is 0 Å². The van der Waals surface area contributed by atoms with Crippen LogP contribution in [0.25, 0.3) is 0 Å². The number of carbonyl (C=O) groups is 1. The van der Waals surface area contributed by atoms with Gasteiger partial charge in [0.25, 0.3) is 0 Å². The minimum absolute atomic E-state index is 0.308. The molecule has 3 fully saturated rings. The fourth-order valence-electron chi connectivity index (χ4n) is 5.13. The minimum Gasteiger partial charge on any atom is -0.332 e. The van der Waals surface area contributed by atoms with E-state index in [-0.39, 0.29) is 0 Å². The predicted molar refractivity (Wildman–Crippen MR) is 98.7 cm³/mol. The number of aromatic nitrogens is 2. The number of fused-ring (bicyclic) bond motifs is 2. The van der Waals surface area contributed by atoms with Crippen molar-refractivity contribution in [2.45, 2.75) is 64.0 Å². The van der Waals surface area contributed by atoms with Gasteiger partial charge in [0.1, 0.15) is 5.78 Å². The first-order valence-corrected chi connectivity index (χ1v) is 9.88. The van der Waals surface area contributed by atoms with Crippen molar-refractivity contribution in [3.8, 4) is 0 Å². The van der Waals surface area contributed by atoms with Crippen molar-refractivity contribution in [1.29, 1.82) is 0 Å². The quantitative estimate of drug-likeness (QED) is 0.842. The van der Waals surface area contributed by atoms with Crippen molar-refractivity contribution >= 4 is 11.7 Å². The zero-order chi connectivity index (χ0) is 17.4. The number of Topliss-reactive ketones (excluding diaryl/α,β-unsaturated/α-hetero) is 1. The standard InChI is InChI=1S/C20H30N4O/c1-14(25)17-5-3-15(4-6-17)9-16-10-21-20(22-11-16)24-18-7-8-19(24)13-23(2)12-18/h10-11,15,17-19H,3-9,12-13H2,1-2H3/t15-,17+,18?,19?. The Morgan fingerprint density at radius 1 is 1.04 bits per heavy atom. The molecule has 0 N–H and O–H groups in total. The molecule has 2 saturated heterocycles. The fraction of sp³-hybridized carbons (Fsp3) is 0.750. The second kappa shape index (κ2) is 7.02. The summed E-state index contributed by atoms with van der Waals surface area (Å²) in [6.45, 7) is 3.99. The Hall–Kier alpha value is -1.49. The highest BCUT2D eigenvalue weighted by atomic mass is 16.1. The van der Waals surface area contributed by atoms with Crippen LogP contribution in [0, 0.1) is 11.8 Å². The molecule has 0 radical (unpaired) electrons. The molecule has 2 unspecified atom stereocenters. The normalized spacial score (nSPS) is 32.8. The summed E-state index contributed by atoms with van der Waals surface area (Å²) >= 11 is 0. The Morgan fingerprint density at radius 2 is 1.64 bits per heavy atom. The van der Waals surface area contributed by atoms with E-state index in [0.717, 1.165) is 51.1 Å². The van der Waals surface area contributed by atoms with E-state index in [4.69, 9.17) is 9.97 Å². The topological polar surface area (TPSA) is 49.3 Å². The van der Waals surface area contributed by atoms with Gasteiger partial charge in [-0.25, -0.2) is 9.97 Å². The molecular formula is C20H30N4O. The number of hydrogen-bond acceptors (Lipinski definition) is 5. The summed E-state index contributed by atoms with van der Waals surface area (Å²) < 4.78 is 0. The highest BCUT2D eigenvalue weighted by molar-refractivity contribution is 5.78. The lowest BCUT2D eigenvalue weighted by molar-refractivity contribution is -0.121. The third-order valence-corrected chi connectivity index (χ3v) is 6.53. The van der Waals surface area contributed by atoms with Gasteiger partial charge in [0.05, 0.1) is 0 Å². The van der Waals surface area contributed by atoms with Gasteiger partial charge in [-0.2, -0.15) is 0 Å². The van der Waals surface area contributed by atoms with Crippen LogP contribution in [-0.2, 0) is 11.2 Å². The molecule has 2 bridgehead atoms. The van der Waals surface area contributed by atoms with E-state index in [1.165, 1.54) is 18.4 Å². The molecule has 1 aromatic rings. The monoisotopic (exact) mass is 342 g/mol. The summed E-state index contributed by atoms with van der Waals surface area (Å²) in [5, 5.41) is 0. The Labute approximate surface area is 150 Å². The van der Waals surface area contributed by atoms with E-state index in [1.54, 1.807) is 6.92 Å². The molecular weight excluding hydrogens is 312 g/mol. The van der Waals surface area contributed by atoms with E-state index in [1.807, 2.05) is 12.4 Å². The number of likely N-dealkylation sites (N-methyl/N-ethyl adjacent to an activating group) is 1. The molecule has 0 amide bonds. The lowest BCUT2D eigenvalue weighted by Gasteiger charge is -2.39. The van der Waals surface area contributed by atoms with Crippen molar-refractivity contribution < 1.29 is 4.79 Å². The van der Waals surface area contributed by atoms with E-state index in [9.17, 15) is 4.79 Å². The number of hydrogen-bond donors (Lipinski definition) is 0. The number of likely N-dealkylation sites (tertiary alicyclic amines) is 1. The van der Waals surface area contributed by atoms with Gasteiger partial charge in [-0.1, -0.05) is 0 Å². The van der Waals surface area contributed by atoms with Crippen LogP contribution in [0.15, 0.2) is 12.4 Å². The highest BCUT2D eigenvalue weighted by Gasteiger charge is 2.40. The molecule has 0 aromatic carbocycles. The third-order valence-electron chi connectivity index (χ3n) is 6.53. The average Bonchev–Trinajstić information content (AvgIpc) is 2.87. The highest BCUT2D eigenvalue weighted by Crippen LogP contribution is 2.33. The zero-order valence-corrected chi connectivity index (χ0v) is 15.5.